The van der Waals surface area contributed by atoms with Crippen LogP contribution in [0.15, 0.2) is 0 Å². The zero-order valence-corrected chi connectivity index (χ0v) is 38.0. The summed E-state index contributed by atoms with van der Waals surface area (Å²) in [5, 5.41) is 0. The van der Waals surface area contributed by atoms with E-state index in [2.05, 4.69) is 18.7 Å². The summed E-state index contributed by atoms with van der Waals surface area (Å²) in [4.78, 5) is 63.7. The third-order valence-electron chi connectivity index (χ3n) is 9.91. The third kappa shape index (κ3) is 38.4. The van der Waals surface area contributed by atoms with Crippen molar-refractivity contribution in [2.24, 2.45) is 11.8 Å². The Balaban J connectivity index is 3.44. The molecule has 0 N–H and O–H groups in total. The Labute approximate surface area is 361 Å². The summed E-state index contributed by atoms with van der Waals surface area (Å²) in [6.45, 7) is 22.3. The smallest absolute Gasteiger partial charge is 0.232 e. The Kier molecular flexibility index (Phi) is 38.9. The highest BCUT2D eigenvalue weighted by Gasteiger charge is 2.34. The lowest BCUT2D eigenvalue weighted by atomic mass is 9.84. The van der Waals surface area contributed by atoms with Gasteiger partial charge in [0.05, 0.1) is 52.9 Å². The van der Waals surface area contributed by atoms with Crippen molar-refractivity contribution in [3.63, 3.8) is 0 Å². The predicted molar refractivity (Wildman–Crippen MR) is 230 cm³/mol. The standard InChI is InChI=1S/C46H81NO13/c1-39(2)15-9-7-8-10-16-42(49)35-57-31-28-54-24-12-18-44(51)37-59-33-30-56-26-14-20-45(52)38-60-34-29-55-25-13-19-43(50)36-58-32-27-53-23-11-17-41(48)21-22-46(5,47-6)40(3)4/h39-40H,7-38H2,1-5H3. The second-order valence-corrected chi connectivity index (χ2v) is 16.2. The minimum absolute atomic E-state index is 0.00435. The Morgan fingerprint density at radius 3 is 1.07 bits per heavy atom. The number of ether oxygens (including phenoxy) is 8. The lowest BCUT2D eigenvalue weighted by Crippen LogP contribution is -2.28. The second kappa shape index (κ2) is 40.6. The molecule has 0 fully saturated rings. The maximum Gasteiger partial charge on any atom is 0.232 e. The molecule has 0 spiro atoms. The summed E-state index contributed by atoms with van der Waals surface area (Å²) in [6, 6.07) is 0. The first-order valence-electron chi connectivity index (χ1n) is 22.5. The van der Waals surface area contributed by atoms with E-state index in [0.29, 0.717) is 143 Å². The minimum atomic E-state index is -0.495. The normalized spacial score (nSPS) is 12.5. The van der Waals surface area contributed by atoms with Crippen LogP contribution in [0.4, 0.5) is 0 Å². The summed E-state index contributed by atoms with van der Waals surface area (Å²) in [5.41, 5.74) is -0.495. The van der Waals surface area contributed by atoms with E-state index in [1.807, 2.05) is 20.8 Å². The number of carbonyl (C=O) groups is 5. The molecule has 348 valence electrons. The maximum atomic E-state index is 12.1. The molecule has 1 atom stereocenters. The molecule has 0 aromatic rings. The number of nitrogens with zero attached hydrogens (tertiary/aromatic N) is 1. The molecule has 0 aliphatic carbocycles. The molecule has 14 heteroatoms. The molecule has 1 unspecified atom stereocenters. The van der Waals surface area contributed by atoms with Gasteiger partial charge in [0.2, 0.25) is 5.54 Å². The van der Waals surface area contributed by atoms with Crippen LogP contribution in [-0.2, 0) is 61.9 Å². The molecule has 0 heterocycles. The Bertz CT molecular complexity index is 1160. The van der Waals surface area contributed by atoms with Crippen LogP contribution < -0.4 is 0 Å². The van der Waals surface area contributed by atoms with Crippen molar-refractivity contribution < 1.29 is 61.9 Å². The van der Waals surface area contributed by atoms with Gasteiger partial charge in [-0.3, -0.25) is 24.0 Å². The zero-order chi connectivity index (χ0) is 44.5. The van der Waals surface area contributed by atoms with Gasteiger partial charge in [-0.15, -0.1) is 0 Å². The molecule has 0 rings (SSSR count). The van der Waals surface area contributed by atoms with Crippen LogP contribution in [0.25, 0.3) is 4.85 Å². The number of ketones is 5. The van der Waals surface area contributed by atoms with Crippen LogP contribution in [0.2, 0.25) is 0 Å². The van der Waals surface area contributed by atoms with Crippen molar-refractivity contribution in [1.29, 1.82) is 0 Å². The highest BCUT2D eigenvalue weighted by Crippen LogP contribution is 2.27. The molecule has 0 saturated carbocycles. The second-order valence-electron chi connectivity index (χ2n) is 16.2. The summed E-state index contributed by atoms with van der Waals surface area (Å²) in [7, 11) is 0. The van der Waals surface area contributed by atoms with Crippen molar-refractivity contribution in [1.82, 2.24) is 0 Å². The fourth-order valence-corrected chi connectivity index (χ4v) is 5.62. The molecule has 0 amide bonds. The van der Waals surface area contributed by atoms with Crippen molar-refractivity contribution >= 4 is 28.9 Å². The molecule has 0 aromatic carbocycles. The van der Waals surface area contributed by atoms with E-state index in [-0.39, 0.29) is 67.9 Å². The Morgan fingerprint density at radius 2 is 0.733 bits per heavy atom. The van der Waals surface area contributed by atoms with Gasteiger partial charge >= 0.3 is 0 Å². The molecule has 0 bridgehead atoms. The van der Waals surface area contributed by atoms with E-state index >= 15 is 0 Å². The van der Waals surface area contributed by atoms with Crippen LogP contribution in [0.3, 0.4) is 0 Å². The SMILES string of the molecule is [C-]#[N+]C(C)(CCC(=O)CCCOCCOCC(=O)CCCOCCOCC(=O)CCCOCCOCC(=O)CCCOCCOCC(=O)CCCCCCC(C)C)C(C)C. The van der Waals surface area contributed by atoms with Crippen LogP contribution >= 0.6 is 0 Å². The van der Waals surface area contributed by atoms with Gasteiger partial charge in [-0.2, -0.15) is 0 Å². The molecule has 0 radical (unpaired) electrons. The molecule has 60 heavy (non-hydrogen) atoms. The summed E-state index contributed by atoms with van der Waals surface area (Å²) >= 11 is 0. The van der Waals surface area contributed by atoms with Crippen molar-refractivity contribution in [2.45, 2.75) is 143 Å². The molecule has 14 nitrogen and oxygen atoms in total. The van der Waals surface area contributed by atoms with E-state index in [1.165, 1.54) is 19.3 Å². The van der Waals surface area contributed by atoms with Gasteiger partial charge in [0.15, 0.2) is 23.1 Å². The van der Waals surface area contributed by atoms with Gasteiger partial charge in [-0.25, -0.2) is 6.57 Å². The summed E-state index contributed by atoms with van der Waals surface area (Å²) in [5.74, 6) is 1.18. The Morgan fingerprint density at radius 1 is 0.417 bits per heavy atom. The van der Waals surface area contributed by atoms with Crippen LogP contribution in [0, 0.1) is 18.4 Å². The topological polar surface area (TPSA) is 164 Å². The zero-order valence-electron chi connectivity index (χ0n) is 38.0. The van der Waals surface area contributed by atoms with Crippen LogP contribution in [-0.4, -0.2) is 140 Å². The first kappa shape index (κ1) is 57.5. The summed E-state index contributed by atoms with van der Waals surface area (Å²) in [6.07, 6.45) is 11.1. The van der Waals surface area contributed by atoms with E-state index in [0.717, 1.165) is 18.8 Å². The van der Waals surface area contributed by atoms with E-state index < -0.39 is 5.54 Å². The number of unbranched alkanes of at least 4 members (excludes halogenated alkanes) is 3. The first-order valence-corrected chi connectivity index (χ1v) is 22.5. The molecule has 0 aliphatic heterocycles. The van der Waals surface area contributed by atoms with E-state index in [1.54, 1.807) is 0 Å². The molecular weight excluding hydrogens is 774 g/mol. The van der Waals surface area contributed by atoms with Crippen LogP contribution in [0.5, 0.6) is 0 Å². The molecular formula is C46H81NO13. The number of rotatable bonds is 47. The van der Waals surface area contributed by atoms with Gasteiger partial charge < -0.3 is 42.7 Å². The number of Topliss-reactive ketones (excluding diaryl/α,β-unsaturated/α-hetero) is 5. The predicted octanol–water partition coefficient (Wildman–Crippen LogP) is 7.20. The Hall–Kier alpha value is -2.48. The van der Waals surface area contributed by atoms with E-state index in [4.69, 9.17) is 44.5 Å². The van der Waals surface area contributed by atoms with Crippen molar-refractivity contribution in [2.75, 3.05) is 106 Å². The summed E-state index contributed by atoms with van der Waals surface area (Å²) < 4.78 is 43.5. The van der Waals surface area contributed by atoms with Gasteiger partial charge in [0.25, 0.3) is 0 Å². The number of carbonyl (C=O) groups excluding carboxylic acids is 5. The third-order valence-corrected chi connectivity index (χ3v) is 9.91. The quantitative estimate of drug-likeness (QED) is 0.0447. The lowest BCUT2D eigenvalue weighted by Gasteiger charge is -2.20. The fourth-order valence-electron chi connectivity index (χ4n) is 5.62. The van der Waals surface area contributed by atoms with Crippen molar-refractivity contribution in [3.8, 4) is 0 Å². The molecule has 0 aromatic heterocycles. The average molecular weight is 856 g/mol. The van der Waals surface area contributed by atoms with Gasteiger partial charge in [-0.05, 0) is 38.0 Å². The number of hydrogen-bond acceptors (Lipinski definition) is 13. The van der Waals surface area contributed by atoms with Gasteiger partial charge in [-0.1, -0.05) is 53.4 Å². The van der Waals surface area contributed by atoms with Crippen LogP contribution in [0.1, 0.15) is 137 Å². The monoisotopic (exact) mass is 856 g/mol. The number of hydrogen-bond donors (Lipinski definition) is 0. The maximum absolute atomic E-state index is 12.1. The van der Waals surface area contributed by atoms with Gasteiger partial charge in [0.1, 0.15) is 32.2 Å². The fraction of sp³-hybridized carbons (Fsp3) is 0.870. The minimum Gasteiger partial charge on any atom is -0.379 e. The molecule has 0 aliphatic rings. The highest BCUT2D eigenvalue weighted by atomic mass is 16.5. The van der Waals surface area contributed by atoms with E-state index in [9.17, 15) is 24.0 Å². The average Bonchev–Trinajstić information content (AvgIpc) is 3.21. The first-order chi connectivity index (χ1) is 28.9. The lowest BCUT2D eigenvalue weighted by molar-refractivity contribution is -0.126. The van der Waals surface area contributed by atoms with Gasteiger partial charge in [0, 0.05) is 84.2 Å². The molecule has 0 saturated heterocycles. The highest BCUT2D eigenvalue weighted by molar-refractivity contribution is 5.80. The van der Waals surface area contributed by atoms with Crippen molar-refractivity contribution in [3.05, 3.63) is 11.4 Å². The largest absolute Gasteiger partial charge is 0.379 e.